The van der Waals surface area contributed by atoms with Crippen molar-refractivity contribution in [2.75, 3.05) is 6.79 Å². The molecule has 7 nitrogen and oxygen atoms in total. The third kappa shape index (κ3) is 5.32. The molecule has 168 valence electrons. The van der Waals surface area contributed by atoms with E-state index in [2.05, 4.69) is 4.98 Å². The maximum Gasteiger partial charge on any atom is 0.231 e. The number of thiazole rings is 1. The number of hydrogen-bond donors (Lipinski definition) is 1. The first-order valence-electron chi connectivity index (χ1n) is 10.2. The number of aromatic nitrogens is 1. The van der Waals surface area contributed by atoms with Crippen molar-refractivity contribution in [3.05, 3.63) is 68.6 Å². The SMILES string of the molecule is CCC(=O)N(Cc1ccc2c(c1)OCO2)Cc1cc(Cl)ccc1OCc1nc(CO)cs1. The lowest BCUT2D eigenvalue weighted by molar-refractivity contribution is -0.132. The normalized spacial score (nSPS) is 12.1. The number of amides is 1. The largest absolute Gasteiger partial charge is 0.486 e. The van der Waals surface area contributed by atoms with Crippen LogP contribution in [0.25, 0.3) is 0 Å². The molecule has 0 bridgehead atoms. The van der Waals surface area contributed by atoms with Crippen molar-refractivity contribution in [3.63, 3.8) is 0 Å². The van der Waals surface area contributed by atoms with Gasteiger partial charge in [0.2, 0.25) is 12.7 Å². The molecule has 0 aliphatic carbocycles. The second-order valence-electron chi connectivity index (χ2n) is 7.22. The number of benzene rings is 2. The van der Waals surface area contributed by atoms with E-state index < -0.39 is 0 Å². The molecule has 0 fully saturated rings. The zero-order chi connectivity index (χ0) is 22.5. The summed E-state index contributed by atoms with van der Waals surface area (Å²) in [6, 6.07) is 11.1. The van der Waals surface area contributed by atoms with Crippen molar-refractivity contribution in [1.29, 1.82) is 0 Å². The fraction of sp³-hybridized carbons (Fsp3) is 0.304. The molecule has 3 aromatic rings. The molecule has 2 aromatic carbocycles. The minimum atomic E-state index is -0.101. The van der Waals surface area contributed by atoms with Crippen molar-refractivity contribution in [3.8, 4) is 17.2 Å². The summed E-state index contributed by atoms with van der Waals surface area (Å²) in [5, 5.41) is 12.3. The monoisotopic (exact) mass is 474 g/mol. The molecular weight excluding hydrogens is 452 g/mol. The van der Waals surface area contributed by atoms with Gasteiger partial charge in [-0.2, -0.15) is 0 Å². The van der Waals surface area contributed by atoms with Crippen LogP contribution in [0.15, 0.2) is 41.8 Å². The molecule has 0 saturated heterocycles. The smallest absolute Gasteiger partial charge is 0.231 e. The van der Waals surface area contributed by atoms with Gasteiger partial charge in [0.1, 0.15) is 17.4 Å². The van der Waals surface area contributed by atoms with Gasteiger partial charge in [-0.05, 0) is 35.9 Å². The molecule has 4 rings (SSSR count). The van der Waals surface area contributed by atoms with Gasteiger partial charge in [-0.25, -0.2) is 4.98 Å². The maximum atomic E-state index is 12.7. The van der Waals surface area contributed by atoms with E-state index in [1.165, 1.54) is 11.3 Å². The molecule has 1 aliphatic heterocycles. The Morgan fingerprint density at radius 1 is 1.22 bits per heavy atom. The van der Waals surface area contributed by atoms with Crippen LogP contribution < -0.4 is 14.2 Å². The Morgan fingerprint density at radius 3 is 2.84 bits per heavy atom. The van der Waals surface area contributed by atoms with Crippen LogP contribution in [-0.4, -0.2) is 27.7 Å². The van der Waals surface area contributed by atoms with E-state index in [1.807, 2.05) is 31.2 Å². The number of aliphatic hydroxyl groups excluding tert-OH is 1. The lowest BCUT2D eigenvalue weighted by Gasteiger charge is -2.24. The van der Waals surface area contributed by atoms with E-state index in [-0.39, 0.29) is 25.9 Å². The Hall–Kier alpha value is -2.81. The fourth-order valence-corrected chi connectivity index (χ4v) is 4.25. The number of carbonyl (C=O) groups excluding carboxylic acids is 1. The van der Waals surface area contributed by atoms with Gasteiger partial charge in [0.25, 0.3) is 0 Å². The molecule has 1 amide bonds. The van der Waals surface area contributed by atoms with Crippen LogP contribution in [0.2, 0.25) is 5.02 Å². The van der Waals surface area contributed by atoms with Crippen LogP contribution in [0.4, 0.5) is 0 Å². The van der Waals surface area contributed by atoms with Crippen molar-refractivity contribution in [2.45, 2.75) is 39.6 Å². The van der Waals surface area contributed by atoms with E-state index in [0.29, 0.717) is 47.5 Å². The van der Waals surface area contributed by atoms with Gasteiger partial charge in [-0.1, -0.05) is 24.6 Å². The van der Waals surface area contributed by atoms with E-state index in [0.717, 1.165) is 16.1 Å². The summed E-state index contributed by atoms with van der Waals surface area (Å²) in [7, 11) is 0. The topological polar surface area (TPSA) is 81.1 Å². The van der Waals surface area contributed by atoms with Gasteiger partial charge in [-0.15, -0.1) is 11.3 Å². The van der Waals surface area contributed by atoms with E-state index in [1.54, 1.807) is 22.4 Å². The molecule has 1 aromatic heterocycles. The number of carbonyl (C=O) groups is 1. The molecule has 1 aliphatic rings. The number of aliphatic hydroxyl groups is 1. The second-order valence-corrected chi connectivity index (χ2v) is 8.60. The zero-order valence-corrected chi connectivity index (χ0v) is 19.1. The van der Waals surface area contributed by atoms with Gasteiger partial charge in [-0.3, -0.25) is 4.79 Å². The Labute approximate surface area is 195 Å². The number of nitrogens with zero attached hydrogens (tertiary/aromatic N) is 2. The highest BCUT2D eigenvalue weighted by Gasteiger charge is 2.19. The first-order valence-corrected chi connectivity index (χ1v) is 11.4. The molecule has 0 saturated carbocycles. The second kappa shape index (κ2) is 10.2. The average molecular weight is 475 g/mol. The number of hydrogen-bond acceptors (Lipinski definition) is 7. The number of fused-ring (bicyclic) bond motifs is 1. The number of ether oxygens (including phenoxy) is 3. The first kappa shape index (κ1) is 22.4. The average Bonchev–Trinajstić information content (AvgIpc) is 3.46. The van der Waals surface area contributed by atoms with Crippen molar-refractivity contribution >= 4 is 28.8 Å². The molecule has 0 unspecified atom stereocenters. The molecule has 2 heterocycles. The van der Waals surface area contributed by atoms with Gasteiger partial charge in [0.05, 0.1) is 12.3 Å². The summed E-state index contributed by atoms with van der Waals surface area (Å²) in [6.07, 6.45) is 0.379. The van der Waals surface area contributed by atoms with Gasteiger partial charge < -0.3 is 24.2 Å². The highest BCUT2D eigenvalue weighted by atomic mass is 35.5. The Bertz CT molecular complexity index is 1100. The molecule has 0 radical (unpaired) electrons. The molecule has 9 heteroatoms. The van der Waals surface area contributed by atoms with Crippen molar-refractivity contribution in [1.82, 2.24) is 9.88 Å². The number of halogens is 1. The summed E-state index contributed by atoms with van der Waals surface area (Å²) < 4.78 is 16.8. The summed E-state index contributed by atoms with van der Waals surface area (Å²) in [6.45, 7) is 2.97. The van der Waals surface area contributed by atoms with Gasteiger partial charge >= 0.3 is 0 Å². The van der Waals surface area contributed by atoms with E-state index in [4.69, 9.17) is 25.8 Å². The van der Waals surface area contributed by atoms with Crippen LogP contribution >= 0.6 is 22.9 Å². The third-order valence-corrected chi connectivity index (χ3v) is 6.07. The summed E-state index contributed by atoms with van der Waals surface area (Å²) in [5.41, 5.74) is 2.37. The predicted octanol–water partition coefficient (Wildman–Crippen LogP) is 4.54. The fourth-order valence-electron chi connectivity index (χ4n) is 3.36. The standard InChI is InChI=1S/C23H23ClN2O5S/c1-2-23(28)26(9-15-3-5-20-21(7-15)31-14-30-20)10-16-8-17(24)4-6-19(16)29-12-22-25-18(11-27)13-32-22/h3-8,13,27H,2,9-12,14H2,1H3. The zero-order valence-electron chi connectivity index (χ0n) is 17.5. The molecule has 0 atom stereocenters. The molecule has 32 heavy (non-hydrogen) atoms. The molecular formula is C23H23ClN2O5S. The first-order chi connectivity index (χ1) is 15.6. The minimum absolute atomic E-state index is 0.0149. The lowest BCUT2D eigenvalue weighted by Crippen LogP contribution is -2.29. The Morgan fingerprint density at radius 2 is 2.06 bits per heavy atom. The van der Waals surface area contributed by atoms with Crippen LogP contribution in [-0.2, 0) is 31.1 Å². The van der Waals surface area contributed by atoms with Crippen molar-refractivity contribution in [2.24, 2.45) is 0 Å². The Kier molecular flexibility index (Phi) is 7.14. The minimum Gasteiger partial charge on any atom is -0.486 e. The third-order valence-electron chi connectivity index (χ3n) is 4.96. The van der Waals surface area contributed by atoms with Crippen LogP contribution in [0, 0.1) is 0 Å². The van der Waals surface area contributed by atoms with Crippen LogP contribution in [0.3, 0.4) is 0 Å². The quantitative estimate of drug-likeness (QED) is 0.490. The predicted molar refractivity (Wildman–Crippen MR) is 121 cm³/mol. The van der Waals surface area contributed by atoms with Gasteiger partial charge in [0.15, 0.2) is 11.5 Å². The molecule has 1 N–H and O–H groups in total. The summed E-state index contributed by atoms with van der Waals surface area (Å²) in [5.74, 6) is 2.04. The number of rotatable bonds is 9. The highest BCUT2D eigenvalue weighted by molar-refractivity contribution is 7.09. The highest BCUT2D eigenvalue weighted by Crippen LogP contribution is 2.33. The van der Waals surface area contributed by atoms with Crippen LogP contribution in [0.1, 0.15) is 35.2 Å². The summed E-state index contributed by atoms with van der Waals surface area (Å²) >= 11 is 7.68. The Balaban J connectivity index is 1.52. The van der Waals surface area contributed by atoms with E-state index in [9.17, 15) is 9.90 Å². The lowest BCUT2D eigenvalue weighted by atomic mass is 10.1. The van der Waals surface area contributed by atoms with E-state index >= 15 is 0 Å². The van der Waals surface area contributed by atoms with Crippen molar-refractivity contribution < 1.29 is 24.1 Å². The van der Waals surface area contributed by atoms with Crippen LogP contribution in [0.5, 0.6) is 17.2 Å². The summed E-state index contributed by atoms with van der Waals surface area (Å²) in [4.78, 5) is 18.8. The van der Waals surface area contributed by atoms with Gasteiger partial charge in [0, 0.05) is 35.5 Å². The molecule has 0 spiro atoms. The maximum absolute atomic E-state index is 12.7.